The minimum atomic E-state index is -4.43. The molecule has 0 aromatic heterocycles. The normalized spacial score (nSPS) is 26.6. The van der Waals surface area contributed by atoms with Crippen LogP contribution in [0.5, 0.6) is 0 Å². The lowest BCUT2D eigenvalue weighted by atomic mass is 9.89. The molecule has 0 spiro atoms. The van der Waals surface area contributed by atoms with Crippen LogP contribution in [-0.2, 0) is 10.9 Å². The summed E-state index contributed by atoms with van der Waals surface area (Å²) < 4.78 is 44.4. The fourth-order valence-electron chi connectivity index (χ4n) is 2.91. The molecular weight excluding hydrogens is 303 g/mol. The highest BCUT2D eigenvalue weighted by Gasteiger charge is 2.35. The Hall–Kier alpha value is -1.04. The molecule has 2 aliphatic heterocycles. The summed E-state index contributed by atoms with van der Waals surface area (Å²) >= 11 is 5.67. The number of benzene rings is 1. The van der Waals surface area contributed by atoms with Gasteiger partial charge in [0.25, 0.3) is 0 Å². The highest BCUT2D eigenvalue weighted by Crippen LogP contribution is 2.38. The number of fused-ring (bicyclic) bond motifs is 2. The molecule has 6 heteroatoms. The van der Waals surface area contributed by atoms with E-state index in [0.29, 0.717) is 25.2 Å². The molecule has 2 nitrogen and oxygen atoms in total. The summed E-state index contributed by atoms with van der Waals surface area (Å²) in [6, 6.07) is 4.47. The second-order valence-corrected chi connectivity index (χ2v) is 5.92. The average molecular weight is 318 g/mol. The van der Waals surface area contributed by atoms with E-state index in [1.54, 1.807) is 6.07 Å². The maximum absolute atomic E-state index is 13.0. The van der Waals surface area contributed by atoms with Crippen LogP contribution in [0.4, 0.5) is 13.2 Å². The predicted octanol–water partition coefficient (Wildman–Crippen LogP) is 3.85. The first-order chi connectivity index (χ1) is 9.86. The fraction of sp³-hybridized carbons (Fsp3) is 0.467. The van der Waals surface area contributed by atoms with Crippen LogP contribution in [0.15, 0.2) is 24.3 Å². The van der Waals surface area contributed by atoms with Gasteiger partial charge in [-0.3, -0.25) is 4.90 Å². The van der Waals surface area contributed by atoms with Crippen molar-refractivity contribution in [1.29, 1.82) is 0 Å². The van der Waals surface area contributed by atoms with Crippen LogP contribution < -0.4 is 0 Å². The zero-order valence-electron chi connectivity index (χ0n) is 11.5. The average Bonchev–Trinajstić information content (AvgIpc) is 2.37. The third-order valence-electron chi connectivity index (χ3n) is 4.19. The Kier molecular flexibility index (Phi) is 3.76. The Morgan fingerprint density at radius 2 is 2.05 bits per heavy atom. The van der Waals surface area contributed by atoms with Crippen LogP contribution in [0, 0.1) is 0 Å². The highest BCUT2D eigenvalue weighted by atomic mass is 35.5. The molecule has 2 aliphatic rings. The van der Waals surface area contributed by atoms with Crippen molar-refractivity contribution in [2.24, 2.45) is 0 Å². The molecule has 2 unspecified atom stereocenters. The topological polar surface area (TPSA) is 12.5 Å². The molecule has 2 bridgehead atoms. The number of morpholine rings is 1. The number of hydrogen-bond acceptors (Lipinski definition) is 2. The quantitative estimate of drug-likeness (QED) is 0.780. The molecule has 1 saturated heterocycles. The summed E-state index contributed by atoms with van der Waals surface area (Å²) in [4.78, 5) is 2.22. The lowest BCUT2D eigenvalue weighted by Crippen LogP contribution is -2.51. The van der Waals surface area contributed by atoms with Crippen molar-refractivity contribution in [2.45, 2.75) is 24.7 Å². The highest BCUT2D eigenvalue weighted by molar-refractivity contribution is 6.31. The molecule has 2 atom stereocenters. The summed E-state index contributed by atoms with van der Waals surface area (Å²) in [5.41, 5.74) is 0.758. The fourth-order valence-corrected chi connectivity index (χ4v) is 3.13. The number of nitrogens with zero attached hydrogens (tertiary/aromatic N) is 1. The molecule has 0 saturated carbocycles. The van der Waals surface area contributed by atoms with E-state index < -0.39 is 11.7 Å². The number of halogens is 4. The smallest absolute Gasteiger partial charge is 0.378 e. The van der Waals surface area contributed by atoms with Gasteiger partial charge < -0.3 is 4.74 Å². The second-order valence-electron chi connectivity index (χ2n) is 5.51. The number of alkyl halides is 3. The van der Waals surface area contributed by atoms with Crippen molar-refractivity contribution in [3.05, 3.63) is 40.4 Å². The molecule has 114 valence electrons. The van der Waals surface area contributed by atoms with Gasteiger partial charge in [-0.2, -0.15) is 13.2 Å². The first-order valence-corrected chi connectivity index (χ1v) is 7.11. The second kappa shape index (κ2) is 5.30. The molecule has 0 aliphatic carbocycles. The SMILES string of the molecule is CN1C2C=C(c3ccc(Cl)c(C(F)(F)F)c3)CC1COC2. The Labute approximate surface area is 126 Å². The van der Waals surface area contributed by atoms with Crippen molar-refractivity contribution in [3.63, 3.8) is 0 Å². The van der Waals surface area contributed by atoms with Crippen LogP contribution in [-0.4, -0.2) is 37.2 Å². The van der Waals surface area contributed by atoms with Gasteiger partial charge >= 0.3 is 6.18 Å². The Bertz CT molecular complexity index is 585. The van der Waals surface area contributed by atoms with Gasteiger partial charge in [0.1, 0.15) is 0 Å². The van der Waals surface area contributed by atoms with Gasteiger partial charge in [0.15, 0.2) is 0 Å². The largest absolute Gasteiger partial charge is 0.417 e. The van der Waals surface area contributed by atoms with E-state index in [4.69, 9.17) is 16.3 Å². The van der Waals surface area contributed by atoms with E-state index in [1.165, 1.54) is 6.07 Å². The first-order valence-electron chi connectivity index (χ1n) is 6.74. The van der Waals surface area contributed by atoms with Gasteiger partial charge in [-0.1, -0.05) is 23.7 Å². The van der Waals surface area contributed by atoms with E-state index in [-0.39, 0.29) is 17.1 Å². The maximum Gasteiger partial charge on any atom is 0.417 e. The summed E-state index contributed by atoms with van der Waals surface area (Å²) in [5, 5.41) is -0.261. The molecule has 21 heavy (non-hydrogen) atoms. The predicted molar refractivity (Wildman–Crippen MR) is 75.2 cm³/mol. The Morgan fingerprint density at radius 1 is 1.29 bits per heavy atom. The van der Waals surface area contributed by atoms with E-state index in [0.717, 1.165) is 11.6 Å². The van der Waals surface area contributed by atoms with Crippen LogP contribution in [0.2, 0.25) is 5.02 Å². The molecule has 0 radical (unpaired) electrons. The van der Waals surface area contributed by atoms with Gasteiger partial charge in [-0.15, -0.1) is 0 Å². The van der Waals surface area contributed by atoms with Crippen molar-refractivity contribution < 1.29 is 17.9 Å². The third-order valence-corrected chi connectivity index (χ3v) is 4.52. The van der Waals surface area contributed by atoms with Crippen molar-refractivity contribution >= 4 is 17.2 Å². The van der Waals surface area contributed by atoms with Gasteiger partial charge in [0.2, 0.25) is 0 Å². The zero-order chi connectivity index (χ0) is 15.2. The van der Waals surface area contributed by atoms with Crippen molar-refractivity contribution in [1.82, 2.24) is 4.90 Å². The van der Waals surface area contributed by atoms with Crippen molar-refractivity contribution in [2.75, 3.05) is 20.3 Å². The van der Waals surface area contributed by atoms with Crippen LogP contribution in [0.1, 0.15) is 17.5 Å². The lowest BCUT2D eigenvalue weighted by molar-refractivity contribution is -0.137. The minimum absolute atomic E-state index is 0.123. The van der Waals surface area contributed by atoms with Crippen LogP contribution in [0.25, 0.3) is 5.57 Å². The Balaban J connectivity index is 1.98. The van der Waals surface area contributed by atoms with Gasteiger partial charge in [-0.05, 0) is 36.7 Å². The third kappa shape index (κ3) is 2.82. The summed E-state index contributed by atoms with van der Waals surface area (Å²) in [6.07, 6.45) is -1.75. The summed E-state index contributed by atoms with van der Waals surface area (Å²) in [7, 11) is 2.02. The summed E-state index contributed by atoms with van der Waals surface area (Å²) in [5.74, 6) is 0. The van der Waals surface area contributed by atoms with E-state index in [2.05, 4.69) is 4.90 Å². The van der Waals surface area contributed by atoms with E-state index in [1.807, 2.05) is 13.1 Å². The molecule has 0 N–H and O–H groups in total. The van der Waals surface area contributed by atoms with Crippen molar-refractivity contribution in [3.8, 4) is 0 Å². The van der Waals surface area contributed by atoms with Gasteiger partial charge in [0.05, 0.1) is 29.8 Å². The van der Waals surface area contributed by atoms with Gasteiger partial charge in [-0.25, -0.2) is 0 Å². The molecule has 3 rings (SSSR count). The molecule has 2 heterocycles. The van der Waals surface area contributed by atoms with E-state index in [9.17, 15) is 13.2 Å². The standard InChI is InChI=1S/C15H15ClF3NO/c1-20-11-4-10(5-12(20)8-21-7-11)9-2-3-14(16)13(6-9)15(17,18)19/h2-4,6,11-12H,5,7-8H2,1H3. The molecule has 1 aromatic carbocycles. The number of likely N-dealkylation sites (N-methyl/N-ethyl adjacent to an activating group) is 1. The lowest BCUT2D eigenvalue weighted by Gasteiger charge is -2.42. The first kappa shape index (κ1) is 14.9. The molecule has 1 aromatic rings. The molecular formula is C15H15ClF3NO. The van der Waals surface area contributed by atoms with E-state index >= 15 is 0 Å². The minimum Gasteiger partial charge on any atom is -0.378 e. The molecule has 1 fully saturated rings. The molecule has 0 amide bonds. The summed E-state index contributed by atoms with van der Waals surface area (Å²) in [6.45, 7) is 1.19. The maximum atomic E-state index is 13.0. The number of ether oxygens (including phenoxy) is 1. The Morgan fingerprint density at radius 3 is 2.71 bits per heavy atom. The van der Waals surface area contributed by atoms with Crippen LogP contribution >= 0.6 is 11.6 Å². The van der Waals surface area contributed by atoms with Crippen LogP contribution in [0.3, 0.4) is 0 Å². The zero-order valence-corrected chi connectivity index (χ0v) is 12.2. The number of rotatable bonds is 1. The van der Waals surface area contributed by atoms with Gasteiger partial charge in [0, 0.05) is 6.04 Å². The number of hydrogen-bond donors (Lipinski definition) is 0. The monoisotopic (exact) mass is 317 g/mol.